The fourth-order valence-electron chi connectivity index (χ4n) is 1.89. The third-order valence-electron chi connectivity index (χ3n) is 3.50. The van der Waals surface area contributed by atoms with E-state index in [9.17, 15) is 8.42 Å². The second-order valence-electron chi connectivity index (χ2n) is 5.29. The lowest BCUT2D eigenvalue weighted by Gasteiger charge is -2.12. The molecule has 0 aliphatic heterocycles. The molecule has 0 heterocycles. The zero-order valence-electron chi connectivity index (χ0n) is 14.4. The predicted molar refractivity (Wildman–Crippen MR) is 100 cm³/mol. The summed E-state index contributed by atoms with van der Waals surface area (Å²) in [6.07, 6.45) is 0. The topological polar surface area (TPSA) is 76.7 Å². The smallest absolute Gasteiger partial charge is 0.240 e. The molecule has 0 aromatic heterocycles. The molecule has 6 nitrogen and oxygen atoms in total. The van der Waals surface area contributed by atoms with Gasteiger partial charge in [0, 0.05) is 12.6 Å². The number of hydrogen-bond donors (Lipinski definition) is 2. The molecule has 1 atom stereocenters. The van der Waals surface area contributed by atoms with Crippen molar-refractivity contribution in [2.45, 2.75) is 17.9 Å². The van der Waals surface area contributed by atoms with E-state index in [0.29, 0.717) is 18.0 Å². The minimum Gasteiger partial charge on any atom is -0.497 e. The summed E-state index contributed by atoms with van der Waals surface area (Å²) < 4.78 is 37.7. The van der Waals surface area contributed by atoms with Gasteiger partial charge in [-0.15, -0.1) is 12.4 Å². The molecule has 2 N–H and O–H groups in total. The molecule has 25 heavy (non-hydrogen) atoms. The van der Waals surface area contributed by atoms with Crippen molar-refractivity contribution in [1.82, 2.24) is 10.0 Å². The number of sulfonamides is 1. The quantitative estimate of drug-likeness (QED) is 0.729. The van der Waals surface area contributed by atoms with Crippen molar-refractivity contribution < 1.29 is 17.9 Å². The van der Waals surface area contributed by atoms with Crippen LogP contribution >= 0.6 is 12.4 Å². The van der Waals surface area contributed by atoms with Gasteiger partial charge in [0.15, 0.2) is 0 Å². The van der Waals surface area contributed by atoms with E-state index in [1.54, 1.807) is 50.6 Å². The molecule has 0 aliphatic carbocycles. The summed E-state index contributed by atoms with van der Waals surface area (Å²) in [7, 11) is -0.147. The monoisotopic (exact) mass is 386 g/mol. The van der Waals surface area contributed by atoms with Crippen LogP contribution in [0.1, 0.15) is 6.92 Å². The zero-order chi connectivity index (χ0) is 17.6. The van der Waals surface area contributed by atoms with E-state index in [1.165, 1.54) is 12.1 Å². The van der Waals surface area contributed by atoms with Gasteiger partial charge in [0.2, 0.25) is 10.0 Å². The molecule has 0 fully saturated rings. The molecule has 0 saturated carbocycles. The molecule has 2 aromatic carbocycles. The largest absolute Gasteiger partial charge is 0.497 e. The Hall–Kier alpha value is -1.80. The Bertz CT molecular complexity index is 749. The summed E-state index contributed by atoms with van der Waals surface area (Å²) in [4.78, 5) is 0.202. The van der Waals surface area contributed by atoms with Gasteiger partial charge in [0.25, 0.3) is 0 Å². The molecule has 0 aliphatic rings. The molecule has 0 saturated heterocycles. The van der Waals surface area contributed by atoms with Crippen molar-refractivity contribution in [3.63, 3.8) is 0 Å². The van der Waals surface area contributed by atoms with Crippen LogP contribution in [-0.2, 0) is 10.0 Å². The zero-order valence-corrected chi connectivity index (χ0v) is 16.0. The molecule has 138 valence electrons. The van der Waals surface area contributed by atoms with Gasteiger partial charge in [-0.1, -0.05) is 0 Å². The van der Waals surface area contributed by atoms with Crippen molar-refractivity contribution in [2.24, 2.45) is 0 Å². The minimum atomic E-state index is -3.53. The Morgan fingerprint density at radius 1 is 0.960 bits per heavy atom. The molecule has 0 spiro atoms. The highest BCUT2D eigenvalue weighted by molar-refractivity contribution is 7.89. The Morgan fingerprint density at radius 2 is 1.44 bits per heavy atom. The summed E-state index contributed by atoms with van der Waals surface area (Å²) in [6.45, 7) is 2.22. The van der Waals surface area contributed by atoms with Crippen LogP contribution in [0.5, 0.6) is 17.2 Å². The molecule has 2 rings (SSSR count). The summed E-state index contributed by atoms with van der Waals surface area (Å²) in [5, 5.41) is 2.98. The van der Waals surface area contributed by atoms with Crippen LogP contribution < -0.4 is 19.5 Å². The number of likely N-dealkylation sites (N-methyl/N-ethyl adjacent to an activating group) is 1. The van der Waals surface area contributed by atoms with E-state index >= 15 is 0 Å². The SMILES string of the molecule is CNC(C)CNS(=O)(=O)c1ccc(Oc2ccc(OC)cc2)cc1.Cl. The first-order chi connectivity index (χ1) is 11.4. The maximum Gasteiger partial charge on any atom is 0.240 e. The van der Waals surface area contributed by atoms with Gasteiger partial charge in [-0.05, 0) is 62.5 Å². The lowest BCUT2D eigenvalue weighted by molar-refractivity contribution is 0.413. The average molecular weight is 387 g/mol. The Labute approximate surface area is 155 Å². The summed E-state index contributed by atoms with van der Waals surface area (Å²) >= 11 is 0. The van der Waals surface area contributed by atoms with Gasteiger partial charge < -0.3 is 14.8 Å². The number of rotatable bonds is 8. The van der Waals surface area contributed by atoms with E-state index < -0.39 is 10.0 Å². The van der Waals surface area contributed by atoms with E-state index in [4.69, 9.17) is 9.47 Å². The highest BCUT2D eigenvalue weighted by Crippen LogP contribution is 2.24. The molecule has 1 unspecified atom stereocenters. The highest BCUT2D eigenvalue weighted by Gasteiger charge is 2.14. The summed E-state index contributed by atoms with van der Waals surface area (Å²) in [5.74, 6) is 1.95. The first-order valence-corrected chi connectivity index (χ1v) is 9.02. The number of methoxy groups -OCH3 is 1. The maximum absolute atomic E-state index is 12.2. The van der Waals surface area contributed by atoms with Gasteiger partial charge >= 0.3 is 0 Å². The molecule has 8 heteroatoms. The average Bonchev–Trinajstić information content (AvgIpc) is 2.61. The van der Waals surface area contributed by atoms with Crippen LogP contribution in [0.2, 0.25) is 0 Å². The van der Waals surface area contributed by atoms with Crippen molar-refractivity contribution in [1.29, 1.82) is 0 Å². The van der Waals surface area contributed by atoms with Crippen LogP contribution in [0.25, 0.3) is 0 Å². The van der Waals surface area contributed by atoms with Gasteiger partial charge in [0.05, 0.1) is 12.0 Å². The van der Waals surface area contributed by atoms with Crippen molar-refractivity contribution in [3.05, 3.63) is 48.5 Å². The normalized spacial score (nSPS) is 12.1. The van der Waals surface area contributed by atoms with Crippen molar-refractivity contribution in [3.8, 4) is 17.2 Å². The summed E-state index contributed by atoms with van der Waals surface area (Å²) in [5.41, 5.74) is 0. The van der Waals surface area contributed by atoms with Crippen LogP contribution in [0.4, 0.5) is 0 Å². The number of halogens is 1. The van der Waals surface area contributed by atoms with E-state index in [-0.39, 0.29) is 23.3 Å². The first-order valence-electron chi connectivity index (χ1n) is 7.53. The number of nitrogens with one attached hydrogen (secondary N) is 2. The molecule has 0 amide bonds. The van der Waals surface area contributed by atoms with Gasteiger partial charge in [0.1, 0.15) is 17.2 Å². The van der Waals surface area contributed by atoms with E-state index in [0.717, 1.165) is 5.75 Å². The van der Waals surface area contributed by atoms with E-state index in [2.05, 4.69) is 10.0 Å². The predicted octanol–water partition coefficient (Wildman–Crippen LogP) is 2.80. The molecular weight excluding hydrogens is 364 g/mol. The number of hydrogen-bond acceptors (Lipinski definition) is 5. The maximum atomic E-state index is 12.2. The van der Waals surface area contributed by atoms with Gasteiger partial charge in [-0.25, -0.2) is 13.1 Å². The number of benzene rings is 2. The summed E-state index contributed by atoms with van der Waals surface area (Å²) in [6, 6.07) is 13.5. The Kier molecular flexibility index (Phi) is 8.18. The lowest BCUT2D eigenvalue weighted by atomic mass is 10.3. The fraction of sp³-hybridized carbons (Fsp3) is 0.294. The third-order valence-corrected chi connectivity index (χ3v) is 4.94. The molecule has 0 radical (unpaired) electrons. The second kappa shape index (κ2) is 9.62. The third kappa shape index (κ3) is 6.21. The molecule has 2 aromatic rings. The lowest BCUT2D eigenvalue weighted by Crippen LogP contribution is -2.37. The molecular formula is C17H23ClN2O4S. The standard InChI is InChI=1S/C17H22N2O4S.ClH/c1-13(18-2)12-19-24(20,21)17-10-8-16(9-11-17)23-15-6-4-14(22-3)5-7-15;/h4-11,13,18-19H,12H2,1-3H3;1H. The van der Waals surface area contributed by atoms with Crippen LogP contribution in [0, 0.1) is 0 Å². The van der Waals surface area contributed by atoms with Crippen LogP contribution in [-0.4, -0.2) is 35.2 Å². The van der Waals surface area contributed by atoms with E-state index in [1.807, 2.05) is 6.92 Å². The van der Waals surface area contributed by atoms with Crippen LogP contribution in [0.3, 0.4) is 0 Å². The highest BCUT2D eigenvalue weighted by atomic mass is 35.5. The van der Waals surface area contributed by atoms with Gasteiger partial charge in [-0.2, -0.15) is 0 Å². The van der Waals surface area contributed by atoms with Crippen molar-refractivity contribution in [2.75, 3.05) is 20.7 Å². The molecule has 0 bridgehead atoms. The Morgan fingerprint density at radius 3 is 1.92 bits per heavy atom. The number of ether oxygens (including phenoxy) is 2. The van der Waals surface area contributed by atoms with Gasteiger partial charge in [-0.3, -0.25) is 0 Å². The van der Waals surface area contributed by atoms with Crippen LogP contribution in [0.15, 0.2) is 53.4 Å². The first kappa shape index (κ1) is 21.2. The minimum absolute atomic E-state index is 0. The second-order valence-corrected chi connectivity index (χ2v) is 7.06. The fourth-order valence-corrected chi connectivity index (χ4v) is 3.02. The Balaban J connectivity index is 0.00000312. The van der Waals surface area contributed by atoms with Crippen molar-refractivity contribution >= 4 is 22.4 Å².